The predicted octanol–water partition coefficient (Wildman–Crippen LogP) is 5.53. The molecule has 10 heteroatoms. The Labute approximate surface area is 212 Å². The van der Waals surface area contributed by atoms with E-state index >= 15 is 0 Å². The molecule has 0 bridgehead atoms. The number of anilines is 4. The highest BCUT2D eigenvalue weighted by Gasteiger charge is 2.30. The molecule has 0 radical (unpaired) electrons. The van der Waals surface area contributed by atoms with Crippen molar-refractivity contribution in [2.24, 2.45) is 0 Å². The fourth-order valence-electron chi connectivity index (χ4n) is 4.05. The van der Waals surface area contributed by atoms with Gasteiger partial charge in [0, 0.05) is 54.8 Å². The first-order valence-electron chi connectivity index (χ1n) is 10.8. The third kappa shape index (κ3) is 4.61. The van der Waals surface area contributed by atoms with Crippen LogP contribution in [0.4, 0.5) is 22.9 Å². The van der Waals surface area contributed by atoms with Crippen LogP contribution in [0.1, 0.15) is 10.4 Å². The summed E-state index contributed by atoms with van der Waals surface area (Å²) in [4.78, 5) is 23.6. The number of rotatable bonds is 4. The van der Waals surface area contributed by atoms with Gasteiger partial charge in [-0.15, -0.1) is 0 Å². The number of nitrogens with zero attached hydrogens (tertiary/aromatic N) is 4. The number of benzene rings is 2. The minimum Gasteiger partial charge on any atom is -0.472 e. The molecular weight excluding hydrogens is 497 g/mol. The second-order valence-corrected chi connectivity index (χ2v) is 9.50. The lowest BCUT2D eigenvalue weighted by Gasteiger charge is -2.34. The van der Waals surface area contributed by atoms with E-state index in [1.54, 1.807) is 6.07 Å². The molecular formula is C24H22Cl3N5O2. The number of pyridine rings is 1. The fraction of sp³-hybridized carbons (Fsp3) is 0.250. The molecule has 3 heterocycles. The molecule has 34 heavy (non-hydrogen) atoms. The lowest BCUT2D eigenvalue weighted by molar-refractivity contribution is 0.0936. The van der Waals surface area contributed by atoms with Crippen LogP contribution in [0.5, 0.6) is 5.75 Å². The van der Waals surface area contributed by atoms with Crippen LogP contribution >= 0.6 is 34.8 Å². The molecule has 2 aliphatic rings. The van der Waals surface area contributed by atoms with Crippen LogP contribution in [-0.2, 0) is 0 Å². The Bertz CT molecular complexity index is 1210. The van der Waals surface area contributed by atoms with Gasteiger partial charge in [0.15, 0.2) is 6.73 Å². The van der Waals surface area contributed by atoms with E-state index in [0.29, 0.717) is 27.8 Å². The molecule has 0 unspecified atom stereocenters. The monoisotopic (exact) mass is 517 g/mol. The molecule has 1 N–H and O–H groups in total. The van der Waals surface area contributed by atoms with E-state index in [1.165, 1.54) is 28.9 Å². The Morgan fingerprint density at radius 3 is 2.32 bits per heavy atom. The Kier molecular flexibility index (Phi) is 6.44. The van der Waals surface area contributed by atoms with Gasteiger partial charge in [0.1, 0.15) is 17.1 Å². The van der Waals surface area contributed by atoms with Crippen molar-refractivity contribution in [3.63, 3.8) is 0 Å². The van der Waals surface area contributed by atoms with E-state index in [-0.39, 0.29) is 22.7 Å². The number of piperazine rings is 1. The first kappa shape index (κ1) is 23.1. The summed E-state index contributed by atoms with van der Waals surface area (Å²) >= 11 is 18.6. The lowest BCUT2D eigenvalue weighted by Crippen LogP contribution is -2.44. The fourth-order valence-corrected chi connectivity index (χ4v) is 5.07. The van der Waals surface area contributed by atoms with Gasteiger partial charge in [0.25, 0.3) is 5.91 Å². The van der Waals surface area contributed by atoms with Gasteiger partial charge in [-0.2, -0.15) is 0 Å². The zero-order valence-electron chi connectivity index (χ0n) is 18.4. The van der Waals surface area contributed by atoms with Gasteiger partial charge in [-0.1, -0.05) is 34.8 Å². The Balaban J connectivity index is 1.31. The first-order valence-corrected chi connectivity index (χ1v) is 11.9. The number of carbonyl (C=O) groups excluding carboxylic acids is 1. The largest absolute Gasteiger partial charge is 0.472 e. The number of aromatic nitrogens is 1. The van der Waals surface area contributed by atoms with E-state index in [1.807, 2.05) is 12.1 Å². The quantitative estimate of drug-likeness (QED) is 0.490. The minimum absolute atomic E-state index is 0.0317. The molecule has 1 fully saturated rings. The van der Waals surface area contributed by atoms with Crippen molar-refractivity contribution in [1.29, 1.82) is 0 Å². The molecule has 176 valence electrons. The molecule has 0 saturated carbocycles. The molecule has 1 amide bonds. The van der Waals surface area contributed by atoms with Gasteiger partial charge >= 0.3 is 0 Å². The summed E-state index contributed by atoms with van der Waals surface area (Å²) in [7, 11) is 2.15. The third-order valence-corrected chi connectivity index (χ3v) is 6.74. The second kappa shape index (κ2) is 9.50. The van der Waals surface area contributed by atoms with E-state index in [4.69, 9.17) is 39.5 Å². The summed E-state index contributed by atoms with van der Waals surface area (Å²) < 4.78 is 5.85. The Morgan fingerprint density at radius 1 is 0.971 bits per heavy atom. The van der Waals surface area contributed by atoms with E-state index in [9.17, 15) is 4.79 Å². The molecule has 2 aromatic carbocycles. The van der Waals surface area contributed by atoms with Crippen molar-refractivity contribution < 1.29 is 9.53 Å². The predicted molar refractivity (Wildman–Crippen MR) is 137 cm³/mol. The zero-order chi connectivity index (χ0) is 23.8. The van der Waals surface area contributed by atoms with Crippen molar-refractivity contribution >= 4 is 63.6 Å². The second-order valence-electron chi connectivity index (χ2n) is 8.25. The minimum atomic E-state index is -0.303. The van der Waals surface area contributed by atoms with Crippen molar-refractivity contribution in [1.82, 2.24) is 9.88 Å². The van der Waals surface area contributed by atoms with E-state index in [2.05, 4.69) is 39.3 Å². The molecule has 3 aromatic rings. The topological polar surface area (TPSA) is 60.9 Å². The molecule has 7 nitrogen and oxygen atoms in total. The number of ether oxygens (including phenoxy) is 1. The zero-order valence-corrected chi connectivity index (χ0v) is 20.7. The molecule has 0 aliphatic carbocycles. The summed E-state index contributed by atoms with van der Waals surface area (Å²) in [5.74, 6) is 0.715. The normalized spacial score (nSPS) is 16.3. The van der Waals surface area contributed by atoms with Crippen molar-refractivity contribution in [3.8, 4) is 5.75 Å². The summed E-state index contributed by atoms with van der Waals surface area (Å²) in [6, 6.07) is 13.0. The SMILES string of the molecule is CN1CCN(c2ccc(Nc3cc4c(cn3)C(=O)N(c3c(Cl)cc(Cl)cc3Cl)CO4)cc2)CC1. The van der Waals surface area contributed by atoms with Crippen molar-refractivity contribution in [2.75, 3.05) is 55.1 Å². The molecule has 1 saturated heterocycles. The van der Waals surface area contributed by atoms with Gasteiger partial charge < -0.3 is 19.9 Å². The maximum absolute atomic E-state index is 13.1. The lowest BCUT2D eigenvalue weighted by atomic mass is 10.1. The highest BCUT2D eigenvalue weighted by Crippen LogP contribution is 2.39. The standard InChI is InChI=1S/C24H22Cl3N5O2/c1-30-6-8-31(9-7-30)17-4-2-16(3-5-17)29-22-12-21-18(13-28-22)24(33)32(14-34-21)23-19(26)10-15(25)11-20(23)27/h2-5,10-13H,6-9,14H2,1H3,(H,28,29). The van der Waals surface area contributed by atoms with Crippen LogP contribution in [0.15, 0.2) is 48.7 Å². The smallest absolute Gasteiger partial charge is 0.266 e. The summed E-state index contributed by atoms with van der Waals surface area (Å²) in [5.41, 5.74) is 2.77. The van der Waals surface area contributed by atoms with E-state index in [0.717, 1.165) is 31.9 Å². The summed E-state index contributed by atoms with van der Waals surface area (Å²) in [6.07, 6.45) is 1.49. The van der Waals surface area contributed by atoms with Gasteiger partial charge in [-0.3, -0.25) is 9.69 Å². The highest BCUT2D eigenvalue weighted by molar-refractivity contribution is 6.42. The molecule has 0 atom stereocenters. The van der Waals surface area contributed by atoms with Crippen molar-refractivity contribution in [3.05, 3.63) is 69.3 Å². The van der Waals surface area contributed by atoms with Gasteiger partial charge in [0.05, 0.1) is 15.7 Å². The van der Waals surface area contributed by atoms with Crippen LogP contribution in [0.25, 0.3) is 0 Å². The number of halogens is 3. The van der Waals surface area contributed by atoms with Crippen LogP contribution in [0, 0.1) is 0 Å². The van der Waals surface area contributed by atoms with Crippen molar-refractivity contribution in [2.45, 2.75) is 0 Å². The van der Waals surface area contributed by atoms with Crippen LogP contribution in [-0.4, -0.2) is 55.7 Å². The van der Waals surface area contributed by atoms with E-state index < -0.39 is 0 Å². The number of likely N-dealkylation sites (N-methyl/N-ethyl adjacent to an activating group) is 1. The Hall–Kier alpha value is -2.71. The maximum Gasteiger partial charge on any atom is 0.266 e. The molecule has 1 aromatic heterocycles. The number of nitrogens with one attached hydrogen (secondary N) is 1. The number of amides is 1. The number of hydrogen-bond donors (Lipinski definition) is 1. The van der Waals surface area contributed by atoms with Crippen LogP contribution in [0.3, 0.4) is 0 Å². The average Bonchev–Trinajstić information content (AvgIpc) is 2.81. The maximum atomic E-state index is 13.1. The third-order valence-electron chi connectivity index (χ3n) is 5.95. The van der Waals surface area contributed by atoms with Gasteiger partial charge in [0.2, 0.25) is 0 Å². The summed E-state index contributed by atoms with van der Waals surface area (Å²) in [6.45, 7) is 4.13. The van der Waals surface area contributed by atoms with Crippen LogP contribution < -0.4 is 19.9 Å². The highest BCUT2D eigenvalue weighted by atomic mass is 35.5. The Morgan fingerprint density at radius 2 is 1.65 bits per heavy atom. The first-order chi connectivity index (χ1) is 16.4. The average molecular weight is 519 g/mol. The van der Waals surface area contributed by atoms with Gasteiger partial charge in [-0.05, 0) is 43.4 Å². The number of carbonyl (C=O) groups is 1. The number of fused-ring (bicyclic) bond motifs is 1. The van der Waals surface area contributed by atoms with Crippen LogP contribution in [0.2, 0.25) is 15.1 Å². The molecule has 5 rings (SSSR count). The number of hydrogen-bond acceptors (Lipinski definition) is 6. The summed E-state index contributed by atoms with van der Waals surface area (Å²) in [5, 5.41) is 4.20. The van der Waals surface area contributed by atoms with Gasteiger partial charge in [-0.25, -0.2) is 4.98 Å². The molecule has 0 spiro atoms. The molecule has 2 aliphatic heterocycles.